The van der Waals surface area contributed by atoms with Gasteiger partial charge in [0.25, 0.3) is 0 Å². The van der Waals surface area contributed by atoms with Crippen molar-refractivity contribution in [1.29, 1.82) is 0 Å². The Balaban J connectivity index is 1.76. The second kappa shape index (κ2) is 6.94. The summed E-state index contributed by atoms with van der Waals surface area (Å²) in [6.07, 6.45) is 5.14. The molecule has 0 atom stereocenters. The molecule has 1 N–H and O–H groups in total. The summed E-state index contributed by atoms with van der Waals surface area (Å²) in [4.78, 5) is 22.3. The van der Waals surface area contributed by atoms with Crippen LogP contribution >= 0.6 is 0 Å². The monoisotopic (exact) mass is 306 g/mol. The zero-order chi connectivity index (χ0) is 16.2. The molecule has 1 aliphatic rings. The van der Waals surface area contributed by atoms with Crippen LogP contribution in [0.4, 0.5) is 10.6 Å². The van der Waals surface area contributed by atoms with E-state index in [1.165, 1.54) is 0 Å². The van der Waals surface area contributed by atoms with Gasteiger partial charge in [0.05, 0.1) is 5.69 Å². The Bertz CT molecular complexity index is 505. The van der Waals surface area contributed by atoms with Gasteiger partial charge in [-0.15, -0.1) is 0 Å². The van der Waals surface area contributed by atoms with E-state index >= 15 is 0 Å². The number of ether oxygens (including phenoxy) is 1. The van der Waals surface area contributed by atoms with Crippen molar-refractivity contribution in [1.82, 2.24) is 14.9 Å². The molecule has 6 heteroatoms. The normalized spacial score (nSPS) is 16.5. The minimum atomic E-state index is -0.432. The molecule has 0 bridgehead atoms. The summed E-state index contributed by atoms with van der Waals surface area (Å²) in [7, 11) is 0. The van der Waals surface area contributed by atoms with Gasteiger partial charge in [-0.25, -0.2) is 9.78 Å². The molecule has 1 amide bonds. The molecule has 1 aromatic rings. The van der Waals surface area contributed by atoms with Gasteiger partial charge >= 0.3 is 6.09 Å². The maximum absolute atomic E-state index is 12.0. The Morgan fingerprint density at radius 2 is 1.95 bits per heavy atom. The summed E-state index contributed by atoms with van der Waals surface area (Å²) in [5.41, 5.74) is 0.479. The Labute approximate surface area is 132 Å². The van der Waals surface area contributed by atoms with Crippen LogP contribution in [-0.2, 0) is 4.74 Å². The fraction of sp³-hybridized carbons (Fsp3) is 0.688. The van der Waals surface area contributed by atoms with Crippen molar-refractivity contribution in [2.75, 3.05) is 25.0 Å². The van der Waals surface area contributed by atoms with Crippen LogP contribution in [0.25, 0.3) is 0 Å². The SMILES string of the molecule is Cc1nccnc1NCC1CCN(C(=O)OC(C)(C)C)CC1. The van der Waals surface area contributed by atoms with Gasteiger partial charge in [0.2, 0.25) is 0 Å². The molecule has 2 heterocycles. The Morgan fingerprint density at radius 3 is 2.55 bits per heavy atom. The number of rotatable bonds is 3. The number of likely N-dealkylation sites (tertiary alicyclic amines) is 1. The number of aryl methyl sites for hydroxylation is 1. The number of carbonyl (C=O) groups is 1. The molecule has 1 saturated heterocycles. The van der Waals surface area contributed by atoms with Crippen molar-refractivity contribution in [2.45, 2.75) is 46.1 Å². The molecule has 0 spiro atoms. The first kappa shape index (κ1) is 16.5. The number of nitrogens with zero attached hydrogens (tertiary/aromatic N) is 3. The summed E-state index contributed by atoms with van der Waals surface area (Å²) in [5, 5.41) is 3.36. The first-order valence-corrected chi connectivity index (χ1v) is 7.84. The molecule has 0 aromatic carbocycles. The largest absolute Gasteiger partial charge is 0.444 e. The Morgan fingerprint density at radius 1 is 1.32 bits per heavy atom. The highest BCUT2D eigenvalue weighted by Gasteiger charge is 2.26. The second-order valence-electron chi connectivity index (χ2n) is 6.78. The van der Waals surface area contributed by atoms with E-state index in [-0.39, 0.29) is 6.09 Å². The predicted octanol–water partition coefficient (Wildman–Crippen LogP) is 2.84. The van der Waals surface area contributed by atoms with Gasteiger partial charge in [-0.3, -0.25) is 4.98 Å². The van der Waals surface area contributed by atoms with Crippen LogP contribution in [0.3, 0.4) is 0 Å². The lowest BCUT2D eigenvalue weighted by Gasteiger charge is -2.33. The average molecular weight is 306 g/mol. The van der Waals surface area contributed by atoms with Gasteiger partial charge in [-0.05, 0) is 46.5 Å². The lowest BCUT2D eigenvalue weighted by molar-refractivity contribution is 0.0188. The molecule has 1 aromatic heterocycles. The van der Waals surface area contributed by atoms with Crippen molar-refractivity contribution >= 4 is 11.9 Å². The topological polar surface area (TPSA) is 67.4 Å². The van der Waals surface area contributed by atoms with Crippen LogP contribution < -0.4 is 5.32 Å². The third kappa shape index (κ3) is 4.86. The Kier molecular flexibility index (Phi) is 5.21. The van der Waals surface area contributed by atoms with Crippen LogP contribution in [0.5, 0.6) is 0 Å². The lowest BCUT2D eigenvalue weighted by Crippen LogP contribution is -2.42. The highest BCUT2D eigenvalue weighted by atomic mass is 16.6. The zero-order valence-electron chi connectivity index (χ0n) is 13.9. The number of aromatic nitrogens is 2. The van der Waals surface area contributed by atoms with Gasteiger partial charge in [0, 0.05) is 32.0 Å². The van der Waals surface area contributed by atoms with E-state index in [4.69, 9.17) is 4.74 Å². The van der Waals surface area contributed by atoms with Gasteiger partial charge in [-0.1, -0.05) is 0 Å². The fourth-order valence-electron chi connectivity index (χ4n) is 2.47. The molecule has 22 heavy (non-hydrogen) atoms. The van der Waals surface area contributed by atoms with E-state index in [0.717, 1.165) is 44.0 Å². The molecule has 6 nitrogen and oxygen atoms in total. The van der Waals surface area contributed by atoms with E-state index in [1.807, 2.05) is 27.7 Å². The minimum Gasteiger partial charge on any atom is -0.444 e. The van der Waals surface area contributed by atoms with Crippen molar-refractivity contribution < 1.29 is 9.53 Å². The van der Waals surface area contributed by atoms with Crippen LogP contribution in [0.15, 0.2) is 12.4 Å². The minimum absolute atomic E-state index is 0.205. The van der Waals surface area contributed by atoms with E-state index < -0.39 is 5.60 Å². The van der Waals surface area contributed by atoms with Gasteiger partial charge < -0.3 is 15.0 Å². The third-order valence-corrected chi connectivity index (χ3v) is 3.71. The van der Waals surface area contributed by atoms with Gasteiger partial charge in [-0.2, -0.15) is 0 Å². The third-order valence-electron chi connectivity index (χ3n) is 3.71. The first-order valence-electron chi connectivity index (χ1n) is 7.84. The summed E-state index contributed by atoms with van der Waals surface area (Å²) in [5.74, 6) is 1.39. The first-order chi connectivity index (χ1) is 10.3. The van der Waals surface area contributed by atoms with Crippen LogP contribution in [0.1, 0.15) is 39.3 Å². The smallest absolute Gasteiger partial charge is 0.410 e. The van der Waals surface area contributed by atoms with Crippen molar-refractivity contribution in [3.8, 4) is 0 Å². The number of hydrogen-bond acceptors (Lipinski definition) is 5. The van der Waals surface area contributed by atoms with E-state index in [0.29, 0.717) is 5.92 Å². The number of piperidine rings is 1. The van der Waals surface area contributed by atoms with Crippen LogP contribution in [0.2, 0.25) is 0 Å². The summed E-state index contributed by atoms with van der Waals surface area (Å²) in [6, 6.07) is 0. The molecule has 1 fully saturated rings. The summed E-state index contributed by atoms with van der Waals surface area (Å²) >= 11 is 0. The Hall–Kier alpha value is -1.85. The highest BCUT2D eigenvalue weighted by Crippen LogP contribution is 2.20. The van der Waals surface area contributed by atoms with E-state index in [2.05, 4.69) is 15.3 Å². The maximum atomic E-state index is 12.0. The molecular formula is C16H26N4O2. The average Bonchev–Trinajstić information content (AvgIpc) is 2.45. The molecule has 0 unspecified atom stereocenters. The van der Waals surface area contributed by atoms with Crippen LogP contribution in [-0.4, -0.2) is 46.2 Å². The molecule has 1 aliphatic heterocycles. The molecule has 2 rings (SSSR count). The molecule has 0 saturated carbocycles. The van der Waals surface area contributed by atoms with E-state index in [9.17, 15) is 4.79 Å². The molecule has 0 aliphatic carbocycles. The molecule has 122 valence electrons. The quantitative estimate of drug-likeness (QED) is 0.930. The fourth-order valence-corrected chi connectivity index (χ4v) is 2.47. The molecular weight excluding hydrogens is 280 g/mol. The van der Waals surface area contributed by atoms with Crippen molar-refractivity contribution in [3.63, 3.8) is 0 Å². The number of carbonyl (C=O) groups excluding carboxylic acids is 1. The summed E-state index contributed by atoms with van der Waals surface area (Å²) < 4.78 is 5.41. The van der Waals surface area contributed by atoms with E-state index in [1.54, 1.807) is 17.3 Å². The number of amides is 1. The number of nitrogens with one attached hydrogen (secondary N) is 1. The maximum Gasteiger partial charge on any atom is 0.410 e. The highest BCUT2D eigenvalue weighted by molar-refractivity contribution is 5.68. The van der Waals surface area contributed by atoms with Crippen LogP contribution in [0, 0.1) is 12.8 Å². The second-order valence-corrected chi connectivity index (χ2v) is 6.78. The number of hydrogen-bond donors (Lipinski definition) is 1. The zero-order valence-corrected chi connectivity index (χ0v) is 13.9. The van der Waals surface area contributed by atoms with Gasteiger partial charge in [0.1, 0.15) is 11.4 Å². The van der Waals surface area contributed by atoms with Crippen molar-refractivity contribution in [2.24, 2.45) is 5.92 Å². The molecule has 0 radical (unpaired) electrons. The number of anilines is 1. The summed E-state index contributed by atoms with van der Waals surface area (Å²) in [6.45, 7) is 9.99. The lowest BCUT2D eigenvalue weighted by atomic mass is 9.97. The van der Waals surface area contributed by atoms with Gasteiger partial charge in [0.15, 0.2) is 0 Å². The predicted molar refractivity (Wildman–Crippen MR) is 85.8 cm³/mol. The standard InChI is InChI=1S/C16H26N4O2/c1-12-14(18-8-7-17-12)19-11-13-5-9-20(10-6-13)15(21)22-16(2,3)4/h7-8,13H,5-6,9-11H2,1-4H3,(H,18,19). The van der Waals surface area contributed by atoms with Crippen molar-refractivity contribution in [3.05, 3.63) is 18.1 Å².